The van der Waals surface area contributed by atoms with Crippen LogP contribution >= 0.6 is 31.9 Å². The van der Waals surface area contributed by atoms with E-state index in [4.69, 9.17) is 0 Å². The molecule has 1 amide bonds. The zero-order chi connectivity index (χ0) is 17.7. The lowest BCUT2D eigenvalue weighted by Gasteiger charge is -2.20. The zero-order valence-corrected chi connectivity index (χ0v) is 17.5. The molecule has 1 aliphatic heterocycles. The summed E-state index contributed by atoms with van der Waals surface area (Å²) in [5, 5.41) is 3.00. The third kappa shape index (κ3) is 2.81. The first-order valence-corrected chi connectivity index (χ1v) is 10.3. The Kier molecular flexibility index (Phi) is 4.40. The molecule has 25 heavy (non-hydrogen) atoms. The molecular formula is C20H20Br2N2O. The molecule has 2 aliphatic rings. The number of benzene rings is 1. The van der Waals surface area contributed by atoms with Gasteiger partial charge in [-0.2, -0.15) is 0 Å². The molecule has 130 valence electrons. The summed E-state index contributed by atoms with van der Waals surface area (Å²) in [6, 6.07) is 4.22. The second kappa shape index (κ2) is 6.44. The average Bonchev–Trinajstić information content (AvgIpc) is 3.14. The van der Waals surface area contributed by atoms with Gasteiger partial charge in [0.2, 0.25) is 0 Å². The van der Waals surface area contributed by atoms with Crippen molar-refractivity contribution in [3.63, 3.8) is 0 Å². The number of carbonyl (C=O) groups is 1. The fourth-order valence-corrected chi connectivity index (χ4v) is 5.32. The van der Waals surface area contributed by atoms with E-state index in [9.17, 15) is 4.79 Å². The molecule has 0 radical (unpaired) electrons. The van der Waals surface area contributed by atoms with Crippen molar-refractivity contribution in [2.45, 2.75) is 45.4 Å². The van der Waals surface area contributed by atoms with Gasteiger partial charge < -0.3 is 10.3 Å². The number of rotatable bonds is 2. The summed E-state index contributed by atoms with van der Waals surface area (Å²) >= 11 is 7.15. The molecule has 2 aromatic rings. The fraction of sp³-hybridized carbons (Fsp3) is 0.350. The molecule has 3 nitrogen and oxygen atoms in total. The van der Waals surface area contributed by atoms with Gasteiger partial charge in [0.05, 0.1) is 11.3 Å². The van der Waals surface area contributed by atoms with E-state index in [1.54, 1.807) is 0 Å². The van der Waals surface area contributed by atoms with Crippen LogP contribution in [0.3, 0.4) is 0 Å². The second-order valence-corrected chi connectivity index (χ2v) is 8.59. The van der Waals surface area contributed by atoms with Crippen LogP contribution in [0.25, 0.3) is 11.6 Å². The molecule has 1 aliphatic carbocycles. The van der Waals surface area contributed by atoms with Crippen LogP contribution in [0.5, 0.6) is 0 Å². The number of aryl methyl sites for hydroxylation is 1. The predicted octanol–water partition coefficient (Wildman–Crippen LogP) is 6.17. The number of hydrogen-bond acceptors (Lipinski definition) is 1. The van der Waals surface area contributed by atoms with Gasteiger partial charge in [-0.25, -0.2) is 0 Å². The van der Waals surface area contributed by atoms with E-state index in [-0.39, 0.29) is 5.91 Å². The summed E-state index contributed by atoms with van der Waals surface area (Å²) in [6.07, 6.45) is 6.78. The minimum atomic E-state index is -0.0449. The quantitative estimate of drug-likeness (QED) is 0.513. The standard InChI is InChI=1S/C20H20Br2N2O/c1-3-11-5-4-6-17-13(11)7-12(23-17)8-14-18-10(2)15(21)9-16(22)19(18)24-20(14)25/h7-9,11,23H,3-6H2,1-2H3,(H,24,25). The number of halogens is 2. The molecule has 0 fully saturated rings. The molecule has 1 atom stereocenters. The van der Waals surface area contributed by atoms with Crippen molar-refractivity contribution in [2.24, 2.45) is 0 Å². The largest absolute Gasteiger partial charge is 0.359 e. The van der Waals surface area contributed by atoms with Crippen LogP contribution in [0.2, 0.25) is 0 Å². The number of aromatic nitrogens is 1. The number of hydrogen-bond donors (Lipinski definition) is 2. The van der Waals surface area contributed by atoms with Gasteiger partial charge in [-0.15, -0.1) is 0 Å². The molecular weight excluding hydrogens is 444 g/mol. The fourth-order valence-electron chi connectivity index (χ4n) is 4.06. The average molecular weight is 464 g/mol. The molecule has 0 bridgehead atoms. The number of H-pyrrole nitrogens is 1. The monoisotopic (exact) mass is 462 g/mol. The minimum absolute atomic E-state index is 0.0449. The third-order valence-electron chi connectivity index (χ3n) is 5.39. The second-order valence-electron chi connectivity index (χ2n) is 6.88. The van der Waals surface area contributed by atoms with Gasteiger partial charge in [0.25, 0.3) is 5.91 Å². The molecule has 2 heterocycles. The van der Waals surface area contributed by atoms with E-state index in [1.807, 2.05) is 19.1 Å². The van der Waals surface area contributed by atoms with E-state index in [0.29, 0.717) is 5.92 Å². The van der Waals surface area contributed by atoms with Crippen LogP contribution in [0.1, 0.15) is 60.2 Å². The lowest BCUT2D eigenvalue weighted by molar-refractivity contribution is -0.110. The van der Waals surface area contributed by atoms with E-state index in [1.165, 1.54) is 30.5 Å². The Morgan fingerprint density at radius 1 is 1.28 bits per heavy atom. The minimum Gasteiger partial charge on any atom is -0.359 e. The van der Waals surface area contributed by atoms with E-state index in [0.717, 1.165) is 43.4 Å². The maximum Gasteiger partial charge on any atom is 0.256 e. The normalized spacial score (nSPS) is 20.6. The maximum absolute atomic E-state index is 12.6. The molecule has 2 N–H and O–H groups in total. The van der Waals surface area contributed by atoms with Crippen LogP contribution in [0, 0.1) is 6.92 Å². The number of fused-ring (bicyclic) bond motifs is 2. The van der Waals surface area contributed by atoms with E-state index >= 15 is 0 Å². The van der Waals surface area contributed by atoms with Gasteiger partial charge in [-0.05, 0) is 83.8 Å². The first kappa shape index (κ1) is 17.1. The Balaban J connectivity index is 1.82. The SMILES string of the molecule is CCC1CCCc2[nH]c(C=C3C(=O)Nc4c(Br)cc(Br)c(C)c43)cc21. The van der Waals surface area contributed by atoms with Crippen LogP contribution in [0.4, 0.5) is 5.69 Å². The van der Waals surface area contributed by atoms with Crippen LogP contribution in [-0.4, -0.2) is 10.9 Å². The Morgan fingerprint density at radius 3 is 2.84 bits per heavy atom. The van der Waals surface area contributed by atoms with Gasteiger partial charge in [0.1, 0.15) is 0 Å². The summed E-state index contributed by atoms with van der Waals surface area (Å²) in [5.74, 6) is 0.596. The highest BCUT2D eigenvalue weighted by Crippen LogP contribution is 2.43. The summed E-state index contributed by atoms with van der Waals surface area (Å²) < 4.78 is 1.89. The van der Waals surface area contributed by atoms with Crippen molar-refractivity contribution in [3.8, 4) is 0 Å². The number of aromatic amines is 1. The molecule has 0 saturated heterocycles. The van der Waals surface area contributed by atoms with Crippen molar-refractivity contribution in [1.82, 2.24) is 4.98 Å². The van der Waals surface area contributed by atoms with Crippen molar-refractivity contribution in [2.75, 3.05) is 5.32 Å². The van der Waals surface area contributed by atoms with Crippen molar-refractivity contribution in [1.29, 1.82) is 0 Å². The summed E-state index contributed by atoms with van der Waals surface area (Å²) in [6.45, 7) is 4.29. The third-order valence-corrected chi connectivity index (χ3v) is 6.84. The van der Waals surface area contributed by atoms with Gasteiger partial charge in [-0.1, -0.05) is 22.9 Å². The highest BCUT2D eigenvalue weighted by atomic mass is 79.9. The van der Waals surface area contributed by atoms with E-state index in [2.05, 4.69) is 55.2 Å². The summed E-state index contributed by atoms with van der Waals surface area (Å²) in [4.78, 5) is 16.1. The molecule has 1 aromatic carbocycles. The maximum atomic E-state index is 12.6. The highest BCUT2D eigenvalue weighted by molar-refractivity contribution is 9.11. The Morgan fingerprint density at radius 2 is 2.08 bits per heavy atom. The van der Waals surface area contributed by atoms with Gasteiger partial charge in [-0.3, -0.25) is 4.79 Å². The number of nitrogens with one attached hydrogen (secondary N) is 2. The van der Waals surface area contributed by atoms with Gasteiger partial charge >= 0.3 is 0 Å². The van der Waals surface area contributed by atoms with Gasteiger partial charge in [0, 0.05) is 25.9 Å². The van der Waals surface area contributed by atoms with Crippen molar-refractivity contribution in [3.05, 3.63) is 49.2 Å². The molecule has 1 aromatic heterocycles. The predicted molar refractivity (Wildman–Crippen MR) is 110 cm³/mol. The van der Waals surface area contributed by atoms with Crippen molar-refractivity contribution < 1.29 is 4.79 Å². The number of carbonyl (C=O) groups excluding carboxylic acids is 1. The Bertz CT molecular complexity index is 911. The molecule has 4 rings (SSSR count). The summed E-state index contributed by atoms with van der Waals surface area (Å²) in [7, 11) is 0. The van der Waals surface area contributed by atoms with E-state index < -0.39 is 0 Å². The topological polar surface area (TPSA) is 44.9 Å². The first-order chi connectivity index (χ1) is 12.0. The van der Waals surface area contributed by atoms with Gasteiger partial charge in [0.15, 0.2) is 0 Å². The lowest BCUT2D eigenvalue weighted by Crippen LogP contribution is -2.07. The Hall–Kier alpha value is -1.33. The lowest BCUT2D eigenvalue weighted by atomic mass is 9.85. The number of anilines is 1. The highest BCUT2D eigenvalue weighted by Gasteiger charge is 2.29. The van der Waals surface area contributed by atoms with Crippen LogP contribution < -0.4 is 5.32 Å². The van der Waals surface area contributed by atoms with Crippen molar-refractivity contribution >= 4 is 55.1 Å². The zero-order valence-electron chi connectivity index (χ0n) is 14.3. The first-order valence-electron chi connectivity index (χ1n) is 8.73. The van der Waals surface area contributed by atoms with Crippen LogP contribution in [0.15, 0.2) is 21.1 Å². The molecule has 1 unspecified atom stereocenters. The molecule has 0 saturated carbocycles. The summed E-state index contributed by atoms with van der Waals surface area (Å²) in [5.41, 5.74) is 7.44. The van der Waals surface area contributed by atoms with Crippen LogP contribution in [-0.2, 0) is 11.2 Å². The number of amides is 1. The Labute approximate surface area is 164 Å². The molecule has 0 spiro atoms. The molecule has 5 heteroatoms. The smallest absolute Gasteiger partial charge is 0.256 e.